The van der Waals surface area contributed by atoms with Crippen LogP contribution in [0.25, 0.3) is 0 Å². The first-order chi connectivity index (χ1) is 13.9. The van der Waals surface area contributed by atoms with Crippen LogP contribution in [0, 0.1) is 6.92 Å². The second kappa shape index (κ2) is 9.52. The Balaban J connectivity index is 1.63. The monoisotopic (exact) mass is 462 g/mol. The number of anilines is 1. The average molecular weight is 463 g/mol. The van der Waals surface area contributed by atoms with Crippen LogP contribution in [0.4, 0.5) is 5.69 Å². The third-order valence-corrected chi connectivity index (χ3v) is 6.17. The van der Waals surface area contributed by atoms with E-state index < -0.39 is 5.54 Å². The third-order valence-electron chi connectivity index (χ3n) is 5.28. The number of hydrogen-bond acceptors (Lipinski definition) is 5. The largest absolute Gasteiger partial charge is 0.343 e. The van der Waals surface area contributed by atoms with Crippen LogP contribution in [-0.4, -0.2) is 22.0 Å². The van der Waals surface area contributed by atoms with Gasteiger partial charge in [-0.3, -0.25) is 9.59 Å². The molecular formula is C21H27BrN4O3. The second-order valence-electron chi connectivity index (χ2n) is 7.70. The maximum atomic E-state index is 12.3. The Bertz CT molecular complexity index is 873. The molecule has 7 nitrogen and oxygen atoms in total. The number of nitrogens with one attached hydrogen (secondary N) is 2. The molecule has 2 aromatic rings. The van der Waals surface area contributed by atoms with Crippen LogP contribution in [0.15, 0.2) is 27.2 Å². The van der Waals surface area contributed by atoms with Gasteiger partial charge in [0.15, 0.2) is 5.82 Å². The van der Waals surface area contributed by atoms with Crippen molar-refractivity contribution in [3.05, 3.63) is 40.0 Å². The Hall–Kier alpha value is -2.22. The first-order valence-electron chi connectivity index (χ1n) is 10.1. The van der Waals surface area contributed by atoms with Crippen molar-refractivity contribution in [1.29, 1.82) is 0 Å². The highest BCUT2D eigenvalue weighted by molar-refractivity contribution is 9.10. The van der Waals surface area contributed by atoms with Gasteiger partial charge in [-0.15, -0.1) is 0 Å². The Morgan fingerprint density at radius 3 is 2.59 bits per heavy atom. The third kappa shape index (κ3) is 5.65. The van der Waals surface area contributed by atoms with E-state index in [4.69, 9.17) is 4.52 Å². The molecule has 1 aromatic heterocycles. The van der Waals surface area contributed by atoms with Gasteiger partial charge in [-0.25, -0.2) is 0 Å². The van der Waals surface area contributed by atoms with Crippen LogP contribution < -0.4 is 10.6 Å². The van der Waals surface area contributed by atoms with E-state index in [-0.39, 0.29) is 18.2 Å². The molecule has 1 fully saturated rings. The standard InChI is InChI=1S/C21H27BrN4O3/c1-14-13-16(7-8-17(14)22)23-18(28)9-10-19-24-20(26-29-19)21(25-15(2)27)11-5-3-4-6-12-21/h7-8,13H,3-6,9-12H2,1-2H3,(H,23,28)(H,25,27). The SMILES string of the molecule is CC(=O)NC1(c2noc(CCC(=O)Nc3ccc(Br)c(C)c3)n2)CCCCCC1. The van der Waals surface area contributed by atoms with Gasteiger partial charge in [-0.05, 0) is 43.5 Å². The summed E-state index contributed by atoms with van der Waals surface area (Å²) in [5, 5.41) is 10.1. The number of nitrogens with zero attached hydrogens (tertiary/aromatic N) is 2. The fraction of sp³-hybridized carbons (Fsp3) is 0.524. The van der Waals surface area contributed by atoms with Gasteiger partial charge in [-0.1, -0.05) is 46.8 Å². The molecule has 0 bridgehead atoms. The lowest BCUT2D eigenvalue weighted by atomic mass is 9.89. The predicted molar refractivity (Wildman–Crippen MR) is 113 cm³/mol. The lowest BCUT2D eigenvalue weighted by Crippen LogP contribution is -2.45. The number of rotatable bonds is 6. The van der Waals surface area contributed by atoms with E-state index in [1.165, 1.54) is 6.92 Å². The van der Waals surface area contributed by atoms with Crippen molar-refractivity contribution in [2.24, 2.45) is 0 Å². The number of carbonyl (C=O) groups is 2. The minimum absolute atomic E-state index is 0.0950. The topological polar surface area (TPSA) is 97.1 Å². The molecule has 1 aliphatic rings. The molecule has 1 aliphatic carbocycles. The molecule has 0 atom stereocenters. The molecule has 29 heavy (non-hydrogen) atoms. The summed E-state index contributed by atoms with van der Waals surface area (Å²) in [7, 11) is 0. The van der Waals surface area contributed by atoms with Crippen molar-refractivity contribution in [2.45, 2.75) is 70.8 Å². The van der Waals surface area contributed by atoms with Crippen LogP contribution >= 0.6 is 15.9 Å². The summed E-state index contributed by atoms with van der Waals surface area (Å²) in [5.74, 6) is 0.726. The van der Waals surface area contributed by atoms with Crippen LogP contribution in [0.3, 0.4) is 0 Å². The summed E-state index contributed by atoms with van der Waals surface area (Å²) in [6.45, 7) is 3.49. The fourth-order valence-electron chi connectivity index (χ4n) is 3.79. The zero-order valence-corrected chi connectivity index (χ0v) is 18.5. The highest BCUT2D eigenvalue weighted by Crippen LogP contribution is 2.34. The van der Waals surface area contributed by atoms with Crippen LogP contribution in [0.2, 0.25) is 0 Å². The van der Waals surface area contributed by atoms with Gasteiger partial charge in [0.1, 0.15) is 5.54 Å². The first kappa shape index (κ1) is 21.5. The summed E-state index contributed by atoms with van der Waals surface area (Å²) in [5.41, 5.74) is 1.24. The molecule has 1 aromatic carbocycles. The van der Waals surface area contributed by atoms with E-state index in [1.807, 2.05) is 25.1 Å². The molecule has 8 heteroatoms. The Kier molecular flexibility index (Phi) is 7.05. The number of benzene rings is 1. The molecule has 156 valence electrons. The van der Waals surface area contributed by atoms with Crippen molar-refractivity contribution < 1.29 is 14.1 Å². The van der Waals surface area contributed by atoms with Crippen molar-refractivity contribution in [2.75, 3.05) is 5.32 Å². The van der Waals surface area contributed by atoms with Crippen LogP contribution in [0.5, 0.6) is 0 Å². The normalized spacial score (nSPS) is 16.1. The number of aromatic nitrogens is 2. The molecule has 0 unspecified atom stereocenters. The van der Waals surface area contributed by atoms with Gasteiger partial charge < -0.3 is 15.2 Å². The molecule has 0 aliphatic heterocycles. The maximum Gasteiger partial charge on any atom is 0.227 e. The molecule has 1 saturated carbocycles. The number of aryl methyl sites for hydroxylation is 2. The molecule has 0 saturated heterocycles. The number of carbonyl (C=O) groups excluding carboxylic acids is 2. The zero-order valence-electron chi connectivity index (χ0n) is 16.9. The summed E-state index contributed by atoms with van der Waals surface area (Å²) >= 11 is 3.45. The molecule has 0 spiro atoms. The predicted octanol–water partition coefficient (Wildman–Crippen LogP) is 4.40. The summed E-state index contributed by atoms with van der Waals surface area (Å²) in [6.07, 6.45) is 6.50. The lowest BCUT2D eigenvalue weighted by Gasteiger charge is -2.30. The van der Waals surface area contributed by atoms with Crippen molar-refractivity contribution in [1.82, 2.24) is 15.5 Å². The molecular weight excluding hydrogens is 436 g/mol. The minimum atomic E-state index is -0.568. The maximum absolute atomic E-state index is 12.3. The summed E-state index contributed by atoms with van der Waals surface area (Å²) in [4.78, 5) is 28.6. The van der Waals surface area contributed by atoms with Crippen molar-refractivity contribution >= 4 is 33.4 Å². The van der Waals surface area contributed by atoms with Crippen molar-refractivity contribution in [3.8, 4) is 0 Å². The van der Waals surface area contributed by atoms with E-state index in [0.29, 0.717) is 18.1 Å². The summed E-state index contributed by atoms with van der Waals surface area (Å²) in [6, 6.07) is 5.67. The molecule has 0 radical (unpaired) electrons. The quantitative estimate of drug-likeness (QED) is 0.619. The van der Waals surface area contributed by atoms with Gasteiger partial charge in [-0.2, -0.15) is 4.98 Å². The Morgan fingerprint density at radius 2 is 1.93 bits per heavy atom. The van der Waals surface area contributed by atoms with Gasteiger partial charge in [0.25, 0.3) is 0 Å². The van der Waals surface area contributed by atoms with Gasteiger partial charge in [0.2, 0.25) is 17.7 Å². The minimum Gasteiger partial charge on any atom is -0.343 e. The molecule has 3 rings (SSSR count). The summed E-state index contributed by atoms with van der Waals surface area (Å²) < 4.78 is 6.40. The van der Waals surface area contributed by atoms with E-state index in [9.17, 15) is 9.59 Å². The fourth-order valence-corrected chi connectivity index (χ4v) is 4.04. The molecule has 1 heterocycles. The molecule has 2 amide bonds. The van der Waals surface area contributed by atoms with Crippen LogP contribution in [-0.2, 0) is 21.5 Å². The van der Waals surface area contributed by atoms with Gasteiger partial charge in [0, 0.05) is 29.9 Å². The van der Waals surface area contributed by atoms with Gasteiger partial charge in [0.05, 0.1) is 0 Å². The number of hydrogen-bond donors (Lipinski definition) is 2. The van der Waals surface area contributed by atoms with E-state index in [2.05, 4.69) is 36.7 Å². The number of halogens is 1. The molecule has 2 N–H and O–H groups in total. The van der Waals surface area contributed by atoms with Gasteiger partial charge >= 0.3 is 0 Å². The van der Waals surface area contributed by atoms with E-state index in [0.717, 1.165) is 54.2 Å². The Labute approximate surface area is 179 Å². The highest BCUT2D eigenvalue weighted by Gasteiger charge is 2.38. The first-order valence-corrected chi connectivity index (χ1v) is 10.8. The van der Waals surface area contributed by atoms with Crippen molar-refractivity contribution in [3.63, 3.8) is 0 Å². The highest BCUT2D eigenvalue weighted by atomic mass is 79.9. The number of amides is 2. The average Bonchev–Trinajstić information content (AvgIpc) is 3.03. The van der Waals surface area contributed by atoms with Crippen LogP contribution in [0.1, 0.15) is 69.1 Å². The van der Waals surface area contributed by atoms with E-state index in [1.54, 1.807) is 0 Å². The van der Waals surface area contributed by atoms with E-state index >= 15 is 0 Å². The zero-order chi connectivity index (χ0) is 20.9. The second-order valence-corrected chi connectivity index (χ2v) is 8.56. The lowest BCUT2D eigenvalue weighted by molar-refractivity contribution is -0.121. The smallest absolute Gasteiger partial charge is 0.227 e. The Morgan fingerprint density at radius 1 is 1.21 bits per heavy atom.